The van der Waals surface area contributed by atoms with E-state index >= 15 is 0 Å². The lowest BCUT2D eigenvalue weighted by molar-refractivity contribution is -0.128. The average molecular weight is 489 g/mol. The maximum atomic E-state index is 12.6. The third kappa shape index (κ3) is 5.97. The monoisotopic (exact) mass is 488 g/mol. The Balaban J connectivity index is 1.21. The van der Waals surface area contributed by atoms with Crippen LogP contribution in [-0.2, 0) is 26.0 Å². The molecule has 0 spiro atoms. The Kier molecular flexibility index (Phi) is 7.53. The quantitative estimate of drug-likeness (QED) is 0.499. The third-order valence-electron chi connectivity index (χ3n) is 5.56. The zero-order valence-electron chi connectivity index (χ0n) is 18.7. The number of sulfonamides is 1. The third-order valence-corrected chi connectivity index (χ3v) is 7.01. The van der Waals surface area contributed by atoms with Crippen LogP contribution >= 0.6 is 0 Å². The predicted molar refractivity (Wildman–Crippen MR) is 125 cm³/mol. The van der Waals surface area contributed by atoms with Crippen LogP contribution in [0, 0.1) is 0 Å². The van der Waals surface area contributed by atoms with E-state index in [1.807, 2.05) is 23.1 Å². The fourth-order valence-electron chi connectivity index (χ4n) is 3.88. The molecular formula is C23H28N4O6S. The number of anilines is 1. The number of amides is 2. The van der Waals surface area contributed by atoms with E-state index in [1.54, 1.807) is 6.07 Å². The van der Waals surface area contributed by atoms with Crippen molar-refractivity contribution in [2.24, 2.45) is 0 Å². The topological polar surface area (TPSA) is 126 Å². The second kappa shape index (κ2) is 10.7. The summed E-state index contributed by atoms with van der Waals surface area (Å²) < 4.78 is 38.5. The van der Waals surface area contributed by atoms with E-state index in [2.05, 4.69) is 21.6 Å². The Morgan fingerprint density at radius 2 is 1.71 bits per heavy atom. The molecule has 0 radical (unpaired) electrons. The number of hydrazine groups is 1. The highest BCUT2D eigenvalue weighted by molar-refractivity contribution is 7.89. The molecule has 0 bridgehead atoms. The molecular weight excluding hydrogens is 460 g/mol. The predicted octanol–water partition coefficient (Wildman–Crippen LogP) is 1.12. The number of aryl methyl sites for hydroxylation is 1. The molecule has 4 rings (SSSR count). The van der Waals surface area contributed by atoms with Crippen LogP contribution in [-0.4, -0.2) is 53.1 Å². The van der Waals surface area contributed by atoms with E-state index in [0.29, 0.717) is 31.1 Å². The van der Waals surface area contributed by atoms with E-state index in [4.69, 9.17) is 9.47 Å². The summed E-state index contributed by atoms with van der Waals surface area (Å²) in [6.45, 7) is 1.71. The van der Waals surface area contributed by atoms with Crippen LogP contribution in [0.15, 0.2) is 47.4 Å². The number of benzene rings is 2. The molecule has 2 aromatic carbocycles. The lowest BCUT2D eigenvalue weighted by atomic mass is 10.0. The number of rotatable bonds is 7. The minimum Gasteiger partial charge on any atom is -0.490 e. The van der Waals surface area contributed by atoms with Gasteiger partial charge in [0.1, 0.15) is 0 Å². The van der Waals surface area contributed by atoms with Crippen molar-refractivity contribution in [1.29, 1.82) is 0 Å². The number of para-hydroxylation sites is 1. The van der Waals surface area contributed by atoms with Crippen molar-refractivity contribution >= 4 is 27.5 Å². The summed E-state index contributed by atoms with van der Waals surface area (Å²) in [6, 6.07) is 12.3. The van der Waals surface area contributed by atoms with Gasteiger partial charge in [-0.05, 0) is 36.6 Å². The number of fused-ring (bicyclic) bond motifs is 2. The summed E-state index contributed by atoms with van der Waals surface area (Å²) in [5.41, 5.74) is 6.95. The highest BCUT2D eigenvalue weighted by Gasteiger charge is 2.20. The van der Waals surface area contributed by atoms with E-state index in [-0.39, 0.29) is 30.3 Å². The molecule has 2 aliphatic rings. The number of carbonyl (C=O) groups is 2. The van der Waals surface area contributed by atoms with Gasteiger partial charge in [0.15, 0.2) is 11.5 Å². The molecule has 2 aliphatic heterocycles. The summed E-state index contributed by atoms with van der Waals surface area (Å²) in [6.07, 6.45) is 2.51. The number of nitrogens with zero attached hydrogens (tertiary/aromatic N) is 1. The van der Waals surface area contributed by atoms with Crippen molar-refractivity contribution in [3.05, 3.63) is 48.0 Å². The molecule has 0 aromatic heterocycles. The molecule has 2 aromatic rings. The Hall–Kier alpha value is -3.31. The molecule has 0 aliphatic carbocycles. The molecule has 182 valence electrons. The fraction of sp³-hybridized carbons (Fsp3) is 0.391. The van der Waals surface area contributed by atoms with Gasteiger partial charge in [-0.3, -0.25) is 20.4 Å². The maximum absolute atomic E-state index is 12.6. The van der Waals surface area contributed by atoms with Crippen molar-refractivity contribution < 1.29 is 27.5 Å². The minimum absolute atomic E-state index is 0.0206. The first-order chi connectivity index (χ1) is 16.4. The first kappa shape index (κ1) is 23.8. The van der Waals surface area contributed by atoms with Crippen molar-refractivity contribution in [2.75, 3.05) is 37.7 Å². The van der Waals surface area contributed by atoms with E-state index in [0.717, 1.165) is 25.1 Å². The van der Waals surface area contributed by atoms with Gasteiger partial charge < -0.3 is 14.4 Å². The van der Waals surface area contributed by atoms with E-state index < -0.39 is 15.9 Å². The molecule has 2 amide bonds. The number of ether oxygens (including phenoxy) is 2. The number of hydrogen-bond acceptors (Lipinski definition) is 7. The van der Waals surface area contributed by atoms with E-state index in [9.17, 15) is 18.0 Å². The average Bonchev–Trinajstić information content (AvgIpc) is 3.08. The maximum Gasteiger partial charge on any atom is 0.257 e. The lowest BCUT2D eigenvalue weighted by Crippen LogP contribution is -2.47. The van der Waals surface area contributed by atoms with Gasteiger partial charge in [0.25, 0.3) is 5.91 Å². The Morgan fingerprint density at radius 3 is 2.56 bits per heavy atom. The van der Waals surface area contributed by atoms with Gasteiger partial charge in [0, 0.05) is 37.7 Å². The Bertz CT molecular complexity index is 1150. The van der Waals surface area contributed by atoms with E-state index in [1.165, 1.54) is 17.7 Å². The van der Waals surface area contributed by atoms with Crippen LogP contribution in [0.4, 0.5) is 5.69 Å². The van der Waals surface area contributed by atoms with Gasteiger partial charge in [-0.2, -0.15) is 0 Å². The second-order valence-electron chi connectivity index (χ2n) is 8.06. The van der Waals surface area contributed by atoms with Crippen LogP contribution in [0.2, 0.25) is 0 Å². The summed E-state index contributed by atoms with van der Waals surface area (Å²) in [5.74, 6) is 0.0170. The second-order valence-corrected chi connectivity index (χ2v) is 9.82. The van der Waals surface area contributed by atoms with Gasteiger partial charge in [-0.15, -0.1) is 0 Å². The molecule has 0 fully saturated rings. The zero-order valence-corrected chi connectivity index (χ0v) is 19.5. The summed E-state index contributed by atoms with van der Waals surface area (Å²) in [5, 5.41) is 0. The smallest absolute Gasteiger partial charge is 0.257 e. The Morgan fingerprint density at radius 1 is 0.941 bits per heavy atom. The first-order valence-electron chi connectivity index (χ1n) is 11.2. The highest BCUT2D eigenvalue weighted by Crippen LogP contribution is 2.31. The summed E-state index contributed by atoms with van der Waals surface area (Å²) in [4.78, 5) is 26.4. The van der Waals surface area contributed by atoms with Crippen LogP contribution in [0.5, 0.6) is 11.5 Å². The van der Waals surface area contributed by atoms with Crippen LogP contribution in [0.1, 0.15) is 24.8 Å². The van der Waals surface area contributed by atoms with Crippen molar-refractivity contribution in [3.63, 3.8) is 0 Å². The molecule has 2 heterocycles. The summed E-state index contributed by atoms with van der Waals surface area (Å²) >= 11 is 0. The zero-order chi connectivity index (χ0) is 24.0. The van der Waals surface area contributed by atoms with Crippen molar-refractivity contribution in [2.45, 2.75) is 30.6 Å². The van der Waals surface area contributed by atoms with Crippen LogP contribution in [0.25, 0.3) is 0 Å². The molecule has 0 atom stereocenters. The van der Waals surface area contributed by atoms with Gasteiger partial charge in [-0.1, -0.05) is 18.2 Å². The molecule has 10 nitrogen and oxygen atoms in total. The largest absolute Gasteiger partial charge is 0.490 e. The molecule has 34 heavy (non-hydrogen) atoms. The molecule has 3 N–H and O–H groups in total. The van der Waals surface area contributed by atoms with Crippen molar-refractivity contribution in [1.82, 2.24) is 15.6 Å². The molecule has 0 saturated heterocycles. The van der Waals surface area contributed by atoms with Gasteiger partial charge in [-0.25, -0.2) is 13.1 Å². The lowest BCUT2D eigenvalue weighted by Gasteiger charge is -2.30. The molecule has 0 saturated carbocycles. The van der Waals surface area contributed by atoms with Crippen molar-refractivity contribution in [3.8, 4) is 11.5 Å². The number of hydrogen-bond donors (Lipinski definition) is 3. The van der Waals surface area contributed by atoms with Gasteiger partial charge in [0.2, 0.25) is 15.9 Å². The van der Waals surface area contributed by atoms with Gasteiger partial charge >= 0.3 is 0 Å². The SMILES string of the molecule is O=C(CCNS(=O)(=O)c1ccc2c(c1)OCCCO2)NNC(=O)CN1CCCc2ccccc21. The number of nitrogens with one attached hydrogen (secondary N) is 3. The molecule has 0 unspecified atom stereocenters. The molecule has 11 heteroatoms. The normalized spacial score (nSPS) is 15.1. The van der Waals surface area contributed by atoms with Gasteiger partial charge in [0.05, 0.1) is 24.7 Å². The first-order valence-corrected chi connectivity index (χ1v) is 12.7. The van der Waals surface area contributed by atoms with Crippen LogP contribution < -0.4 is 29.9 Å². The highest BCUT2D eigenvalue weighted by atomic mass is 32.2. The minimum atomic E-state index is -3.84. The fourth-order valence-corrected chi connectivity index (χ4v) is 4.93. The Labute approximate surface area is 198 Å². The summed E-state index contributed by atoms with van der Waals surface area (Å²) in [7, 11) is -3.84. The van der Waals surface area contributed by atoms with Crippen LogP contribution in [0.3, 0.4) is 0 Å². The number of carbonyl (C=O) groups excluding carboxylic acids is 2. The standard InChI is InChI=1S/C23H28N4O6S/c28-22(25-26-23(29)16-27-12-3-6-17-5-1-2-7-19(17)27)10-11-24-34(30,31)18-8-9-20-21(15-18)33-14-4-13-32-20/h1-2,5,7-9,15,24H,3-4,6,10-14,16H2,(H,25,28)(H,26,29).